The first-order valence-corrected chi connectivity index (χ1v) is 10.1. The highest BCUT2D eigenvalue weighted by Gasteiger charge is 2.21. The van der Waals surface area contributed by atoms with Crippen LogP contribution in [0.3, 0.4) is 0 Å². The van der Waals surface area contributed by atoms with Gasteiger partial charge in [-0.05, 0) is 19.4 Å². The molecule has 1 atom stereocenters. The van der Waals surface area contributed by atoms with Gasteiger partial charge < -0.3 is 10.2 Å². The van der Waals surface area contributed by atoms with Crippen LogP contribution in [0.2, 0.25) is 0 Å². The lowest BCUT2D eigenvalue weighted by Gasteiger charge is -2.35. The summed E-state index contributed by atoms with van der Waals surface area (Å²) < 4.78 is 0. The highest BCUT2D eigenvalue weighted by molar-refractivity contribution is 5.78. The molecule has 1 aromatic carbocycles. The number of aromatic nitrogens is 2. The van der Waals surface area contributed by atoms with E-state index >= 15 is 0 Å². The maximum atomic E-state index is 12.4. The topological polar surface area (TPSA) is 61.4 Å². The molecule has 0 bridgehead atoms. The maximum Gasteiger partial charge on any atom is 0.234 e. The molecule has 1 aliphatic heterocycles. The number of benzene rings is 1. The summed E-state index contributed by atoms with van der Waals surface area (Å²) in [7, 11) is 0. The van der Waals surface area contributed by atoms with Crippen molar-refractivity contribution in [1.82, 2.24) is 20.2 Å². The number of rotatable bonds is 6. The number of anilines is 1. The van der Waals surface area contributed by atoms with Gasteiger partial charge in [0.25, 0.3) is 0 Å². The summed E-state index contributed by atoms with van der Waals surface area (Å²) in [6, 6.07) is 12.1. The van der Waals surface area contributed by atoms with Crippen LogP contribution in [0, 0.1) is 6.92 Å². The largest absolute Gasteiger partial charge is 0.354 e. The molecule has 1 fully saturated rings. The van der Waals surface area contributed by atoms with E-state index < -0.39 is 0 Å². The lowest BCUT2D eigenvalue weighted by atomic mass is 10.1. The second-order valence-electron chi connectivity index (χ2n) is 7.84. The van der Waals surface area contributed by atoms with Gasteiger partial charge in [0, 0.05) is 43.9 Å². The van der Waals surface area contributed by atoms with Crippen molar-refractivity contribution in [2.45, 2.75) is 39.7 Å². The number of carbonyl (C=O) groups excluding carboxylic acids is 1. The Balaban J connectivity index is 1.51. The van der Waals surface area contributed by atoms with Crippen molar-refractivity contribution in [3.63, 3.8) is 0 Å². The van der Waals surface area contributed by atoms with Crippen LogP contribution in [0.1, 0.15) is 49.8 Å². The van der Waals surface area contributed by atoms with Crippen molar-refractivity contribution >= 4 is 11.7 Å². The third-order valence-corrected chi connectivity index (χ3v) is 5.11. The molecule has 0 aliphatic carbocycles. The minimum absolute atomic E-state index is 0.0217. The second-order valence-corrected chi connectivity index (χ2v) is 7.84. The van der Waals surface area contributed by atoms with E-state index in [9.17, 15) is 4.79 Å². The van der Waals surface area contributed by atoms with Crippen LogP contribution in [0.15, 0.2) is 36.4 Å². The van der Waals surface area contributed by atoms with Crippen LogP contribution in [-0.2, 0) is 4.79 Å². The van der Waals surface area contributed by atoms with E-state index in [-0.39, 0.29) is 11.9 Å². The summed E-state index contributed by atoms with van der Waals surface area (Å²) in [6.07, 6.45) is 0. The van der Waals surface area contributed by atoms with Crippen molar-refractivity contribution in [2.75, 3.05) is 37.6 Å². The lowest BCUT2D eigenvalue weighted by molar-refractivity contribution is -0.123. The van der Waals surface area contributed by atoms with Crippen molar-refractivity contribution in [1.29, 1.82) is 0 Å². The number of hydrogen-bond acceptors (Lipinski definition) is 5. The van der Waals surface area contributed by atoms with Gasteiger partial charge in [-0.25, -0.2) is 9.97 Å². The van der Waals surface area contributed by atoms with Crippen LogP contribution >= 0.6 is 0 Å². The van der Waals surface area contributed by atoms with Gasteiger partial charge >= 0.3 is 0 Å². The van der Waals surface area contributed by atoms with Gasteiger partial charge in [0.15, 0.2) is 0 Å². The molecule has 3 rings (SSSR count). The number of piperazine rings is 1. The fourth-order valence-corrected chi connectivity index (χ4v) is 3.44. The van der Waals surface area contributed by atoms with Gasteiger partial charge in [-0.2, -0.15) is 0 Å². The van der Waals surface area contributed by atoms with Crippen LogP contribution < -0.4 is 10.2 Å². The number of amides is 1. The number of aryl methyl sites for hydroxylation is 1. The molecule has 0 saturated carbocycles. The molecule has 0 spiro atoms. The Bertz CT molecular complexity index is 785. The summed E-state index contributed by atoms with van der Waals surface area (Å²) >= 11 is 0. The monoisotopic (exact) mass is 381 g/mol. The van der Waals surface area contributed by atoms with Crippen molar-refractivity contribution < 1.29 is 4.79 Å². The summed E-state index contributed by atoms with van der Waals surface area (Å²) in [5, 5.41) is 3.10. The van der Waals surface area contributed by atoms with E-state index in [1.54, 1.807) is 0 Å². The minimum Gasteiger partial charge on any atom is -0.354 e. The van der Waals surface area contributed by atoms with Gasteiger partial charge in [0.05, 0.1) is 12.6 Å². The molecule has 2 aromatic rings. The zero-order valence-corrected chi connectivity index (χ0v) is 17.4. The zero-order chi connectivity index (χ0) is 20.1. The minimum atomic E-state index is 0.0217. The van der Waals surface area contributed by atoms with E-state index in [0.717, 1.165) is 49.1 Å². The molecular formula is C22H31N5O. The highest BCUT2D eigenvalue weighted by atomic mass is 16.2. The van der Waals surface area contributed by atoms with Gasteiger partial charge in [0.1, 0.15) is 11.6 Å². The average molecular weight is 382 g/mol. The zero-order valence-electron chi connectivity index (χ0n) is 17.4. The first kappa shape index (κ1) is 20.3. The normalized spacial score (nSPS) is 16.2. The van der Waals surface area contributed by atoms with E-state index in [4.69, 9.17) is 4.98 Å². The second kappa shape index (κ2) is 9.15. The van der Waals surface area contributed by atoms with E-state index in [1.165, 1.54) is 0 Å². The third-order valence-electron chi connectivity index (χ3n) is 5.11. The van der Waals surface area contributed by atoms with Crippen molar-refractivity contribution in [2.24, 2.45) is 0 Å². The molecule has 2 heterocycles. The fourth-order valence-electron chi connectivity index (χ4n) is 3.44. The van der Waals surface area contributed by atoms with Gasteiger partial charge in [-0.15, -0.1) is 0 Å². The van der Waals surface area contributed by atoms with Crippen LogP contribution in [0.4, 0.5) is 5.82 Å². The Morgan fingerprint density at radius 1 is 1.07 bits per heavy atom. The first-order valence-electron chi connectivity index (χ1n) is 10.1. The van der Waals surface area contributed by atoms with Crippen LogP contribution in [-0.4, -0.2) is 53.5 Å². The van der Waals surface area contributed by atoms with Gasteiger partial charge in [-0.3, -0.25) is 9.69 Å². The van der Waals surface area contributed by atoms with Gasteiger partial charge in [0.2, 0.25) is 5.91 Å². The highest BCUT2D eigenvalue weighted by Crippen LogP contribution is 2.18. The lowest BCUT2D eigenvalue weighted by Crippen LogP contribution is -2.50. The SMILES string of the molecule is Cc1cc(N2CCN(CC(=O)NC(C)c3ccccc3)CC2)nc(C(C)C)n1. The van der Waals surface area contributed by atoms with Crippen LogP contribution in [0.25, 0.3) is 0 Å². The van der Waals surface area contributed by atoms with Crippen LogP contribution in [0.5, 0.6) is 0 Å². The first-order chi connectivity index (χ1) is 13.4. The average Bonchev–Trinajstić information content (AvgIpc) is 2.68. The quantitative estimate of drug-likeness (QED) is 0.834. The molecule has 1 N–H and O–H groups in total. The third kappa shape index (κ3) is 5.29. The molecule has 6 heteroatoms. The molecule has 1 aromatic heterocycles. The molecular weight excluding hydrogens is 350 g/mol. The fraction of sp³-hybridized carbons (Fsp3) is 0.500. The molecule has 6 nitrogen and oxygen atoms in total. The summed E-state index contributed by atoms with van der Waals surface area (Å²) in [5.74, 6) is 2.28. The van der Waals surface area contributed by atoms with Crippen molar-refractivity contribution in [3.05, 3.63) is 53.5 Å². The molecule has 1 aliphatic rings. The standard InChI is InChI=1S/C22H31N5O/c1-16(2)22-23-17(3)14-20(25-22)27-12-10-26(11-13-27)15-21(28)24-18(4)19-8-6-5-7-9-19/h5-9,14,16,18H,10-13,15H2,1-4H3,(H,24,28). The molecule has 150 valence electrons. The number of hydrogen-bond donors (Lipinski definition) is 1. The molecule has 1 amide bonds. The predicted molar refractivity (Wildman–Crippen MR) is 113 cm³/mol. The van der Waals surface area contributed by atoms with E-state index in [0.29, 0.717) is 12.5 Å². The molecule has 1 unspecified atom stereocenters. The molecule has 0 radical (unpaired) electrons. The predicted octanol–water partition coefficient (Wildman–Crippen LogP) is 2.91. The molecule has 1 saturated heterocycles. The Morgan fingerprint density at radius 2 is 1.75 bits per heavy atom. The Morgan fingerprint density at radius 3 is 2.39 bits per heavy atom. The van der Waals surface area contributed by atoms with Crippen molar-refractivity contribution in [3.8, 4) is 0 Å². The summed E-state index contributed by atoms with van der Waals surface area (Å²) in [6.45, 7) is 12.2. The van der Waals surface area contributed by atoms with E-state index in [1.807, 2.05) is 44.2 Å². The maximum absolute atomic E-state index is 12.4. The summed E-state index contributed by atoms with van der Waals surface area (Å²) in [5.41, 5.74) is 2.13. The summed E-state index contributed by atoms with van der Waals surface area (Å²) in [4.78, 5) is 26.2. The Hall–Kier alpha value is -2.47. The molecule has 28 heavy (non-hydrogen) atoms. The Labute approximate surface area is 168 Å². The van der Waals surface area contributed by atoms with Gasteiger partial charge in [-0.1, -0.05) is 44.2 Å². The smallest absolute Gasteiger partial charge is 0.234 e. The number of carbonyl (C=O) groups is 1. The number of nitrogens with zero attached hydrogens (tertiary/aromatic N) is 4. The number of nitrogens with one attached hydrogen (secondary N) is 1. The van der Waals surface area contributed by atoms with E-state index in [2.05, 4.69) is 40.0 Å². The Kier molecular flexibility index (Phi) is 6.62.